The van der Waals surface area contributed by atoms with Crippen molar-refractivity contribution in [2.24, 2.45) is 0 Å². The van der Waals surface area contributed by atoms with Gasteiger partial charge < -0.3 is 14.8 Å². The number of carbonyl (C=O) groups excluding carboxylic acids is 2. The van der Waals surface area contributed by atoms with Gasteiger partial charge in [0, 0.05) is 5.69 Å². The second-order valence-corrected chi connectivity index (χ2v) is 8.96. The number of benzene rings is 1. The van der Waals surface area contributed by atoms with Crippen molar-refractivity contribution in [3.63, 3.8) is 0 Å². The maximum atomic E-state index is 12.8. The van der Waals surface area contributed by atoms with Gasteiger partial charge in [-0.15, -0.1) is 11.3 Å². The van der Waals surface area contributed by atoms with Crippen molar-refractivity contribution < 1.29 is 19.1 Å². The van der Waals surface area contributed by atoms with Gasteiger partial charge in [0.05, 0.1) is 17.6 Å². The van der Waals surface area contributed by atoms with Gasteiger partial charge in [-0.25, -0.2) is 19.6 Å². The molecule has 1 aliphatic rings. The first-order valence-corrected chi connectivity index (χ1v) is 11.9. The number of esters is 2. The molecule has 0 spiro atoms. The summed E-state index contributed by atoms with van der Waals surface area (Å²) in [6.07, 6.45) is 7.57. The van der Waals surface area contributed by atoms with Gasteiger partial charge in [-0.3, -0.25) is 0 Å². The number of aromatic nitrogens is 2. The Labute approximate surface area is 191 Å². The molecule has 0 atom stereocenters. The van der Waals surface area contributed by atoms with E-state index >= 15 is 0 Å². The Bertz CT molecular complexity index is 1100. The van der Waals surface area contributed by atoms with Gasteiger partial charge in [0.1, 0.15) is 28.0 Å². The summed E-state index contributed by atoms with van der Waals surface area (Å²) in [5.74, 6) is -0.00213. The number of thiophene rings is 1. The fourth-order valence-corrected chi connectivity index (χ4v) is 4.89. The predicted octanol–water partition coefficient (Wildman–Crippen LogP) is 5.80. The summed E-state index contributed by atoms with van der Waals surface area (Å²) in [4.78, 5) is 34.9. The summed E-state index contributed by atoms with van der Waals surface area (Å²) in [6.45, 7) is 4.26. The van der Waals surface area contributed by atoms with Crippen LogP contribution in [0.4, 0.5) is 11.5 Å². The van der Waals surface area contributed by atoms with Crippen LogP contribution in [0.1, 0.15) is 71.0 Å². The molecule has 1 aliphatic carbocycles. The maximum Gasteiger partial charge on any atom is 0.348 e. The number of anilines is 2. The highest BCUT2D eigenvalue weighted by atomic mass is 32.1. The lowest BCUT2D eigenvalue weighted by atomic mass is 9.98. The predicted molar refractivity (Wildman–Crippen MR) is 125 cm³/mol. The van der Waals surface area contributed by atoms with E-state index in [1.807, 2.05) is 13.8 Å². The first-order valence-electron chi connectivity index (χ1n) is 11.1. The Hall–Kier alpha value is -3.00. The van der Waals surface area contributed by atoms with E-state index in [2.05, 4.69) is 15.3 Å². The maximum absolute atomic E-state index is 12.8. The van der Waals surface area contributed by atoms with Crippen LogP contribution in [0.5, 0.6) is 0 Å². The van der Waals surface area contributed by atoms with Crippen LogP contribution in [0.15, 0.2) is 30.6 Å². The van der Waals surface area contributed by atoms with Crippen LogP contribution in [0.25, 0.3) is 10.2 Å². The first kappa shape index (κ1) is 22.2. The van der Waals surface area contributed by atoms with Crippen molar-refractivity contribution in [1.29, 1.82) is 0 Å². The summed E-state index contributed by atoms with van der Waals surface area (Å²) >= 11 is 1.33. The molecule has 4 rings (SSSR count). The Morgan fingerprint density at radius 3 is 2.56 bits per heavy atom. The van der Waals surface area contributed by atoms with Gasteiger partial charge in [-0.1, -0.05) is 13.3 Å². The standard InChI is InChI=1S/C24H27N3O4S/c1-3-13-30-23(28)16-9-11-17(12-10-16)27-21-19-15(2)20(32-22(19)26-14-25-21)24(29)31-18-7-5-4-6-8-18/h9-12,14,18H,3-8,13H2,1-2H3,(H,25,26,27). The largest absolute Gasteiger partial charge is 0.462 e. The minimum absolute atomic E-state index is 0.00655. The Morgan fingerprint density at radius 1 is 1.09 bits per heavy atom. The molecule has 2 aromatic heterocycles. The van der Waals surface area contributed by atoms with E-state index in [1.54, 1.807) is 24.3 Å². The number of carbonyl (C=O) groups is 2. The van der Waals surface area contributed by atoms with Crippen LogP contribution < -0.4 is 5.32 Å². The lowest BCUT2D eigenvalue weighted by molar-refractivity contribution is 0.0216. The van der Waals surface area contributed by atoms with Gasteiger partial charge in [-0.05, 0) is 68.9 Å². The molecule has 0 saturated heterocycles. The monoisotopic (exact) mass is 453 g/mol. The van der Waals surface area contributed by atoms with Crippen molar-refractivity contribution in [3.05, 3.63) is 46.6 Å². The lowest BCUT2D eigenvalue weighted by Crippen LogP contribution is -2.20. The topological polar surface area (TPSA) is 90.4 Å². The smallest absolute Gasteiger partial charge is 0.348 e. The van der Waals surface area contributed by atoms with Crippen molar-refractivity contribution in [2.45, 2.75) is 58.5 Å². The van der Waals surface area contributed by atoms with E-state index in [-0.39, 0.29) is 18.0 Å². The number of fused-ring (bicyclic) bond motifs is 1. The third-order valence-corrected chi connectivity index (χ3v) is 6.74. The summed E-state index contributed by atoms with van der Waals surface area (Å²) in [7, 11) is 0. The molecule has 0 radical (unpaired) electrons. The van der Waals surface area contributed by atoms with Gasteiger partial charge in [-0.2, -0.15) is 0 Å². The molecule has 8 heteroatoms. The Kier molecular flexibility index (Phi) is 6.99. The highest BCUT2D eigenvalue weighted by Gasteiger charge is 2.24. The molecule has 7 nitrogen and oxygen atoms in total. The quantitative estimate of drug-likeness (QED) is 0.452. The van der Waals surface area contributed by atoms with E-state index in [0.717, 1.165) is 53.6 Å². The zero-order chi connectivity index (χ0) is 22.5. The highest BCUT2D eigenvalue weighted by Crippen LogP contribution is 2.35. The second kappa shape index (κ2) is 10.1. The van der Waals surface area contributed by atoms with Crippen LogP contribution in [0.3, 0.4) is 0 Å². The molecule has 1 N–H and O–H groups in total. The van der Waals surface area contributed by atoms with E-state index in [9.17, 15) is 9.59 Å². The summed E-state index contributed by atoms with van der Waals surface area (Å²) in [6, 6.07) is 7.03. The molecule has 1 aromatic carbocycles. The number of nitrogens with zero attached hydrogens (tertiary/aromatic N) is 2. The minimum Gasteiger partial charge on any atom is -0.462 e. The number of ether oxygens (including phenoxy) is 2. The number of aryl methyl sites for hydroxylation is 1. The van der Waals surface area contributed by atoms with Gasteiger partial charge in [0.15, 0.2) is 0 Å². The van der Waals surface area contributed by atoms with E-state index in [0.29, 0.717) is 22.9 Å². The van der Waals surface area contributed by atoms with E-state index in [4.69, 9.17) is 9.47 Å². The fraction of sp³-hybridized carbons (Fsp3) is 0.417. The molecule has 1 fully saturated rings. The Morgan fingerprint density at radius 2 is 1.84 bits per heavy atom. The number of hydrogen-bond acceptors (Lipinski definition) is 8. The third-order valence-electron chi connectivity index (χ3n) is 5.56. The SMILES string of the molecule is CCCOC(=O)c1ccc(Nc2ncnc3sc(C(=O)OC4CCCCC4)c(C)c23)cc1. The van der Waals surface area contributed by atoms with Crippen molar-refractivity contribution >= 4 is 45.0 Å². The second-order valence-electron chi connectivity index (χ2n) is 7.96. The van der Waals surface area contributed by atoms with Crippen LogP contribution in [-0.4, -0.2) is 34.6 Å². The third kappa shape index (κ3) is 4.91. The molecule has 1 saturated carbocycles. The average molecular weight is 454 g/mol. The molecule has 168 valence electrons. The van der Waals surface area contributed by atoms with Crippen molar-refractivity contribution in [1.82, 2.24) is 9.97 Å². The fourth-order valence-electron chi connectivity index (χ4n) is 3.85. The molecule has 3 aromatic rings. The van der Waals surface area contributed by atoms with Crippen LogP contribution >= 0.6 is 11.3 Å². The zero-order valence-corrected chi connectivity index (χ0v) is 19.2. The molecular formula is C24H27N3O4S. The minimum atomic E-state index is -0.336. The molecule has 0 amide bonds. The van der Waals surface area contributed by atoms with Gasteiger partial charge in [0.25, 0.3) is 0 Å². The number of nitrogens with one attached hydrogen (secondary N) is 1. The van der Waals surface area contributed by atoms with Crippen molar-refractivity contribution in [2.75, 3.05) is 11.9 Å². The number of hydrogen-bond donors (Lipinski definition) is 1. The molecule has 0 bridgehead atoms. The van der Waals surface area contributed by atoms with Gasteiger partial charge >= 0.3 is 11.9 Å². The van der Waals surface area contributed by atoms with Crippen LogP contribution in [0.2, 0.25) is 0 Å². The average Bonchev–Trinajstić information content (AvgIpc) is 3.16. The number of rotatable bonds is 7. The van der Waals surface area contributed by atoms with Gasteiger partial charge in [0.2, 0.25) is 0 Å². The van der Waals surface area contributed by atoms with E-state index in [1.165, 1.54) is 24.1 Å². The van der Waals surface area contributed by atoms with Crippen molar-refractivity contribution in [3.8, 4) is 0 Å². The molecule has 32 heavy (non-hydrogen) atoms. The molecule has 0 aliphatic heterocycles. The molecule has 0 unspecified atom stereocenters. The highest BCUT2D eigenvalue weighted by molar-refractivity contribution is 7.20. The zero-order valence-electron chi connectivity index (χ0n) is 18.3. The Balaban J connectivity index is 1.53. The van der Waals surface area contributed by atoms with E-state index < -0.39 is 0 Å². The summed E-state index contributed by atoms with van der Waals surface area (Å²) in [5.41, 5.74) is 2.08. The first-order chi connectivity index (χ1) is 15.6. The van der Waals surface area contributed by atoms with Crippen LogP contribution in [-0.2, 0) is 9.47 Å². The molecular weight excluding hydrogens is 426 g/mol. The lowest BCUT2D eigenvalue weighted by Gasteiger charge is -2.21. The normalized spacial score (nSPS) is 14.3. The summed E-state index contributed by atoms with van der Waals surface area (Å²) in [5, 5.41) is 4.09. The van der Waals surface area contributed by atoms with Crippen LogP contribution in [0, 0.1) is 6.92 Å². The molecule has 2 heterocycles. The summed E-state index contributed by atoms with van der Waals surface area (Å²) < 4.78 is 10.9.